The summed E-state index contributed by atoms with van der Waals surface area (Å²) in [6, 6.07) is 15.6. The summed E-state index contributed by atoms with van der Waals surface area (Å²) in [6.07, 6.45) is 0.759. The smallest absolute Gasteiger partial charge is 0.261 e. The van der Waals surface area contributed by atoms with Gasteiger partial charge >= 0.3 is 0 Å². The first-order valence-corrected chi connectivity index (χ1v) is 7.43. The van der Waals surface area contributed by atoms with Gasteiger partial charge in [-0.25, -0.2) is 4.39 Å². The summed E-state index contributed by atoms with van der Waals surface area (Å²) in [5.74, 6) is 0.0157. The first-order chi connectivity index (χ1) is 10.7. The van der Waals surface area contributed by atoms with E-state index in [0.717, 1.165) is 6.42 Å². The van der Waals surface area contributed by atoms with Crippen molar-refractivity contribution in [2.45, 2.75) is 25.9 Å². The number of benzene rings is 2. The zero-order valence-corrected chi connectivity index (χ0v) is 12.6. The summed E-state index contributed by atoms with van der Waals surface area (Å²) in [7, 11) is 0. The summed E-state index contributed by atoms with van der Waals surface area (Å²) in [5.41, 5.74) is 1.18. The maximum atomic E-state index is 12.9. The molecular formula is C18H20FNO2. The van der Waals surface area contributed by atoms with E-state index in [1.165, 1.54) is 29.8 Å². The fraction of sp³-hybridized carbons (Fsp3) is 0.278. The topological polar surface area (TPSA) is 38.3 Å². The molecule has 22 heavy (non-hydrogen) atoms. The third kappa shape index (κ3) is 4.88. The average molecular weight is 301 g/mol. The molecule has 0 heterocycles. The molecule has 116 valence electrons. The van der Waals surface area contributed by atoms with Crippen LogP contribution in [0.25, 0.3) is 0 Å². The van der Waals surface area contributed by atoms with Crippen molar-refractivity contribution in [1.29, 1.82) is 0 Å². The molecule has 0 fully saturated rings. The Labute approximate surface area is 130 Å². The van der Waals surface area contributed by atoms with Crippen molar-refractivity contribution in [3.05, 3.63) is 66.0 Å². The number of hydrogen-bond acceptors (Lipinski definition) is 2. The number of halogens is 1. The molecule has 0 saturated carbocycles. The molecule has 1 atom stereocenters. The van der Waals surface area contributed by atoms with Crippen LogP contribution in [-0.2, 0) is 11.2 Å². The van der Waals surface area contributed by atoms with Gasteiger partial charge < -0.3 is 10.1 Å². The number of nitrogens with one attached hydrogen (secondary N) is 1. The van der Waals surface area contributed by atoms with E-state index in [1.54, 1.807) is 0 Å². The Morgan fingerprint density at radius 3 is 2.45 bits per heavy atom. The summed E-state index contributed by atoms with van der Waals surface area (Å²) >= 11 is 0. The van der Waals surface area contributed by atoms with Gasteiger partial charge in [0.1, 0.15) is 11.6 Å². The van der Waals surface area contributed by atoms with Gasteiger partial charge in [-0.2, -0.15) is 0 Å². The lowest BCUT2D eigenvalue weighted by Crippen LogP contribution is -2.38. The minimum absolute atomic E-state index is 0.150. The van der Waals surface area contributed by atoms with Crippen LogP contribution >= 0.6 is 0 Å². The molecule has 0 spiro atoms. The zero-order chi connectivity index (χ0) is 15.8. The standard InChI is InChI=1S/C18H20FNO2/c1-2-17(22-16-10-8-15(19)9-11-16)18(21)20-13-12-14-6-4-3-5-7-14/h3-11,17H,2,12-13H2,1H3,(H,20,21)/t17-/m0/s1. The minimum atomic E-state index is -0.568. The second kappa shape index (κ2) is 8.17. The quantitative estimate of drug-likeness (QED) is 0.852. The van der Waals surface area contributed by atoms with Crippen LogP contribution in [0.1, 0.15) is 18.9 Å². The van der Waals surface area contributed by atoms with E-state index in [1.807, 2.05) is 37.3 Å². The highest BCUT2D eigenvalue weighted by atomic mass is 19.1. The van der Waals surface area contributed by atoms with Gasteiger partial charge in [0, 0.05) is 6.54 Å². The Bertz CT molecular complexity index is 584. The normalized spacial score (nSPS) is 11.7. The lowest BCUT2D eigenvalue weighted by Gasteiger charge is -2.17. The van der Waals surface area contributed by atoms with E-state index < -0.39 is 6.10 Å². The lowest BCUT2D eigenvalue weighted by atomic mass is 10.1. The van der Waals surface area contributed by atoms with E-state index in [9.17, 15) is 9.18 Å². The maximum Gasteiger partial charge on any atom is 0.261 e. The van der Waals surface area contributed by atoms with Crippen molar-refractivity contribution >= 4 is 5.91 Å². The molecule has 0 unspecified atom stereocenters. The molecule has 0 saturated heterocycles. The molecule has 0 radical (unpaired) electrons. The number of amides is 1. The predicted octanol–water partition coefficient (Wildman–Crippen LogP) is 3.34. The highest BCUT2D eigenvalue weighted by Crippen LogP contribution is 2.14. The number of ether oxygens (including phenoxy) is 1. The van der Waals surface area contributed by atoms with E-state index in [0.29, 0.717) is 18.7 Å². The van der Waals surface area contributed by atoms with Crippen molar-refractivity contribution in [1.82, 2.24) is 5.32 Å². The average Bonchev–Trinajstić information content (AvgIpc) is 2.55. The summed E-state index contributed by atoms with van der Waals surface area (Å²) in [5, 5.41) is 2.88. The molecule has 1 amide bonds. The van der Waals surface area contributed by atoms with Crippen molar-refractivity contribution in [2.75, 3.05) is 6.54 Å². The van der Waals surface area contributed by atoms with E-state index >= 15 is 0 Å². The van der Waals surface area contributed by atoms with Crippen LogP contribution in [-0.4, -0.2) is 18.6 Å². The highest BCUT2D eigenvalue weighted by molar-refractivity contribution is 5.81. The van der Waals surface area contributed by atoms with Gasteiger partial charge in [-0.15, -0.1) is 0 Å². The SMILES string of the molecule is CC[C@H](Oc1ccc(F)cc1)C(=O)NCCc1ccccc1. The van der Waals surface area contributed by atoms with Crippen molar-refractivity contribution in [3.63, 3.8) is 0 Å². The van der Waals surface area contributed by atoms with Gasteiger partial charge in [0.2, 0.25) is 0 Å². The van der Waals surface area contributed by atoms with Crippen molar-refractivity contribution < 1.29 is 13.9 Å². The zero-order valence-electron chi connectivity index (χ0n) is 12.6. The second-order valence-corrected chi connectivity index (χ2v) is 5.00. The fourth-order valence-corrected chi connectivity index (χ4v) is 2.09. The molecular weight excluding hydrogens is 281 g/mol. The van der Waals surface area contributed by atoms with Gasteiger partial charge in [0.15, 0.2) is 6.10 Å². The van der Waals surface area contributed by atoms with Crippen LogP contribution in [0.2, 0.25) is 0 Å². The molecule has 2 aromatic rings. The van der Waals surface area contributed by atoms with Crippen LogP contribution in [0, 0.1) is 5.82 Å². The summed E-state index contributed by atoms with van der Waals surface area (Å²) < 4.78 is 18.5. The predicted molar refractivity (Wildman–Crippen MR) is 84.3 cm³/mol. The van der Waals surface area contributed by atoms with Crippen LogP contribution in [0.15, 0.2) is 54.6 Å². The Morgan fingerprint density at radius 2 is 1.82 bits per heavy atom. The number of hydrogen-bond donors (Lipinski definition) is 1. The molecule has 0 aliphatic rings. The molecule has 4 heteroatoms. The fourth-order valence-electron chi connectivity index (χ4n) is 2.09. The largest absolute Gasteiger partial charge is 0.481 e. The second-order valence-electron chi connectivity index (χ2n) is 5.00. The monoisotopic (exact) mass is 301 g/mol. The van der Waals surface area contributed by atoms with Gasteiger partial charge in [-0.05, 0) is 42.7 Å². The Balaban J connectivity index is 1.82. The third-order valence-corrected chi connectivity index (χ3v) is 3.31. The molecule has 0 aromatic heterocycles. The van der Waals surface area contributed by atoms with E-state index in [-0.39, 0.29) is 11.7 Å². The van der Waals surface area contributed by atoms with Crippen LogP contribution < -0.4 is 10.1 Å². The van der Waals surface area contributed by atoms with Crippen molar-refractivity contribution in [2.24, 2.45) is 0 Å². The molecule has 2 rings (SSSR count). The molecule has 0 aliphatic carbocycles. The first-order valence-electron chi connectivity index (χ1n) is 7.43. The highest BCUT2D eigenvalue weighted by Gasteiger charge is 2.17. The Hall–Kier alpha value is -2.36. The van der Waals surface area contributed by atoms with Gasteiger partial charge in [0.05, 0.1) is 0 Å². The lowest BCUT2D eigenvalue weighted by molar-refractivity contribution is -0.128. The summed E-state index contributed by atoms with van der Waals surface area (Å²) in [6.45, 7) is 2.44. The maximum absolute atomic E-state index is 12.9. The minimum Gasteiger partial charge on any atom is -0.481 e. The van der Waals surface area contributed by atoms with Crippen LogP contribution in [0.3, 0.4) is 0 Å². The third-order valence-electron chi connectivity index (χ3n) is 3.31. The van der Waals surface area contributed by atoms with E-state index in [2.05, 4.69) is 5.32 Å². The van der Waals surface area contributed by atoms with Crippen molar-refractivity contribution in [3.8, 4) is 5.75 Å². The number of carbonyl (C=O) groups excluding carboxylic acids is 1. The molecule has 0 aliphatic heterocycles. The number of rotatable bonds is 7. The van der Waals surface area contributed by atoms with Gasteiger partial charge in [-0.3, -0.25) is 4.79 Å². The van der Waals surface area contributed by atoms with Gasteiger partial charge in [-0.1, -0.05) is 37.3 Å². The number of carbonyl (C=O) groups is 1. The molecule has 1 N–H and O–H groups in total. The Morgan fingerprint density at radius 1 is 1.14 bits per heavy atom. The first kappa shape index (κ1) is 16.0. The molecule has 0 bridgehead atoms. The van der Waals surface area contributed by atoms with Gasteiger partial charge in [0.25, 0.3) is 5.91 Å². The van der Waals surface area contributed by atoms with Crippen LogP contribution in [0.5, 0.6) is 5.75 Å². The van der Waals surface area contributed by atoms with Crippen LogP contribution in [0.4, 0.5) is 4.39 Å². The van der Waals surface area contributed by atoms with E-state index in [4.69, 9.17) is 4.74 Å². The molecule has 2 aromatic carbocycles. The molecule has 3 nitrogen and oxygen atoms in total. The Kier molecular flexibility index (Phi) is 5.95. The summed E-state index contributed by atoms with van der Waals surface area (Å²) in [4.78, 5) is 12.1.